The summed E-state index contributed by atoms with van der Waals surface area (Å²) in [5.41, 5.74) is 10.5. The highest BCUT2D eigenvalue weighted by Gasteiger charge is 2.14. The molecule has 0 atom stereocenters. The quantitative estimate of drug-likeness (QED) is 0.796. The van der Waals surface area contributed by atoms with Gasteiger partial charge in [0.05, 0.1) is 15.9 Å². The van der Waals surface area contributed by atoms with Gasteiger partial charge in [-0.3, -0.25) is 9.88 Å². The largest absolute Gasteiger partial charge is 0.397 e. The average Bonchev–Trinajstić information content (AvgIpc) is 3.03. The third-order valence-corrected chi connectivity index (χ3v) is 5.91. The van der Waals surface area contributed by atoms with Crippen molar-refractivity contribution in [2.24, 2.45) is 0 Å². The maximum Gasteiger partial charge on any atom is 0.0837 e. The summed E-state index contributed by atoms with van der Waals surface area (Å²) >= 11 is 1.72. The molecule has 124 valence electrons. The molecule has 1 aromatic carbocycles. The highest BCUT2D eigenvalue weighted by Crippen LogP contribution is 2.35. The molecule has 3 heterocycles. The van der Waals surface area contributed by atoms with E-state index in [1.807, 2.05) is 6.07 Å². The predicted octanol–water partition coefficient (Wildman–Crippen LogP) is 3.29. The van der Waals surface area contributed by atoms with Crippen LogP contribution in [0.3, 0.4) is 0 Å². The van der Waals surface area contributed by atoms with E-state index in [9.17, 15) is 0 Å². The van der Waals surface area contributed by atoms with Crippen LogP contribution in [0.4, 0.5) is 5.69 Å². The van der Waals surface area contributed by atoms with E-state index < -0.39 is 0 Å². The van der Waals surface area contributed by atoms with Crippen molar-refractivity contribution in [3.63, 3.8) is 0 Å². The van der Waals surface area contributed by atoms with E-state index in [2.05, 4.69) is 52.2 Å². The molecule has 4 nitrogen and oxygen atoms in total. The number of thiophene rings is 1. The zero-order valence-electron chi connectivity index (χ0n) is 13.9. The van der Waals surface area contributed by atoms with Crippen LogP contribution in [0.25, 0.3) is 20.7 Å². The van der Waals surface area contributed by atoms with Gasteiger partial charge in [-0.1, -0.05) is 24.3 Å². The van der Waals surface area contributed by atoms with Gasteiger partial charge in [-0.25, -0.2) is 0 Å². The maximum absolute atomic E-state index is 6.05. The van der Waals surface area contributed by atoms with Gasteiger partial charge in [0.25, 0.3) is 0 Å². The summed E-state index contributed by atoms with van der Waals surface area (Å²) in [6.45, 7) is 5.66. The molecular formula is C19H22N4S. The summed E-state index contributed by atoms with van der Waals surface area (Å²) in [4.78, 5) is 10.5. The molecule has 2 N–H and O–H groups in total. The lowest BCUT2D eigenvalue weighted by molar-refractivity contribution is 0.148. The number of rotatable bonds is 3. The fourth-order valence-electron chi connectivity index (χ4n) is 3.14. The normalized spacial score (nSPS) is 16.7. The van der Waals surface area contributed by atoms with Gasteiger partial charge >= 0.3 is 0 Å². The molecule has 0 spiro atoms. The summed E-state index contributed by atoms with van der Waals surface area (Å²) in [6, 6.07) is 12.9. The number of anilines is 1. The summed E-state index contributed by atoms with van der Waals surface area (Å²) in [6.07, 6.45) is 1.77. The van der Waals surface area contributed by atoms with Gasteiger partial charge in [-0.2, -0.15) is 0 Å². The zero-order valence-corrected chi connectivity index (χ0v) is 14.7. The second-order valence-electron chi connectivity index (χ2n) is 6.50. The first-order valence-corrected chi connectivity index (χ1v) is 9.15. The van der Waals surface area contributed by atoms with E-state index in [0.29, 0.717) is 0 Å². The number of benzene rings is 1. The van der Waals surface area contributed by atoms with Gasteiger partial charge in [0, 0.05) is 43.8 Å². The first-order valence-electron chi connectivity index (χ1n) is 8.33. The minimum Gasteiger partial charge on any atom is -0.397 e. The van der Waals surface area contributed by atoms with Crippen molar-refractivity contribution in [1.29, 1.82) is 0 Å². The molecule has 24 heavy (non-hydrogen) atoms. The van der Waals surface area contributed by atoms with Crippen LogP contribution in [0, 0.1) is 0 Å². The lowest BCUT2D eigenvalue weighted by Gasteiger charge is -2.32. The SMILES string of the molecule is CN1CCN(Cc2ccc(-c3cc4nccc(N)c4s3)cc2)CC1. The van der Waals surface area contributed by atoms with Crippen LogP contribution in [0.15, 0.2) is 42.6 Å². The first-order chi connectivity index (χ1) is 11.7. The van der Waals surface area contributed by atoms with E-state index in [-0.39, 0.29) is 0 Å². The van der Waals surface area contributed by atoms with Crippen molar-refractivity contribution in [2.75, 3.05) is 39.0 Å². The Kier molecular flexibility index (Phi) is 4.22. The second-order valence-corrected chi connectivity index (χ2v) is 7.55. The Labute approximate surface area is 146 Å². The van der Waals surface area contributed by atoms with Crippen LogP contribution in [-0.4, -0.2) is 48.0 Å². The van der Waals surface area contributed by atoms with E-state index >= 15 is 0 Å². The number of piperazine rings is 1. The molecule has 1 aliphatic rings. The molecule has 3 aromatic rings. The van der Waals surface area contributed by atoms with Crippen LogP contribution in [0.2, 0.25) is 0 Å². The summed E-state index contributed by atoms with van der Waals surface area (Å²) < 4.78 is 1.08. The Hall–Kier alpha value is -1.95. The number of nitrogens with zero attached hydrogens (tertiary/aromatic N) is 3. The average molecular weight is 338 g/mol. The van der Waals surface area contributed by atoms with Crippen LogP contribution < -0.4 is 5.73 Å². The van der Waals surface area contributed by atoms with Crippen LogP contribution in [-0.2, 0) is 6.54 Å². The van der Waals surface area contributed by atoms with Crippen molar-refractivity contribution in [3.8, 4) is 10.4 Å². The second kappa shape index (κ2) is 6.51. The number of nitrogens with two attached hydrogens (primary N) is 1. The van der Waals surface area contributed by atoms with Gasteiger partial charge in [0.1, 0.15) is 0 Å². The lowest BCUT2D eigenvalue weighted by Crippen LogP contribution is -2.43. The van der Waals surface area contributed by atoms with Gasteiger partial charge < -0.3 is 10.6 Å². The van der Waals surface area contributed by atoms with E-state index in [4.69, 9.17) is 5.73 Å². The number of likely N-dealkylation sites (N-methyl/N-ethyl adjacent to an activating group) is 1. The standard InChI is InChI=1S/C19H22N4S/c1-22-8-10-23(11-9-22)13-14-2-4-15(5-3-14)18-12-17-19(24-18)16(20)6-7-21-17/h2-7,12H,8-11,13H2,1H3,(H2,20,21). The molecule has 2 aromatic heterocycles. The number of nitrogen functional groups attached to an aromatic ring is 1. The molecule has 0 bridgehead atoms. The van der Waals surface area contributed by atoms with Gasteiger partial charge in [0.2, 0.25) is 0 Å². The molecule has 0 amide bonds. The predicted molar refractivity (Wildman–Crippen MR) is 102 cm³/mol. The third-order valence-electron chi connectivity index (χ3n) is 4.68. The molecule has 1 saturated heterocycles. The van der Waals surface area contributed by atoms with Crippen LogP contribution >= 0.6 is 11.3 Å². The fraction of sp³-hybridized carbons (Fsp3) is 0.316. The number of hydrogen-bond acceptors (Lipinski definition) is 5. The van der Waals surface area contributed by atoms with Crippen LogP contribution in [0.5, 0.6) is 0 Å². The van der Waals surface area contributed by atoms with Crippen LogP contribution in [0.1, 0.15) is 5.56 Å². The monoisotopic (exact) mass is 338 g/mol. The number of fused-ring (bicyclic) bond motifs is 1. The zero-order chi connectivity index (χ0) is 16.5. The molecule has 1 aliphatic heterocycles. The summed E-state index contributed by atoms with van der Waals surface area (Å²) in [5.74, 6) is 0. The van der Waals surface area contributed by atoms with Gasteiger partial charge in [-0.15, -0.1) is 11.3 Å². The summed E-state index contributed by atoms with van der Waals surface area (Å²) in [7, 11) is 2.19. The van der Waals surface area contributed by atoms with Crippen molar-refractivity contribution < 1.29 is 0 Å². The minimum atomic E-state index is 0.808. The Morgan fingerprint density at radius 1 is 1.08 bits per heavy atom. The highest BCUT2D eigenvalue weighted by molar-refractivity contribution is 7.22. The summed E-state index contributed by atoms with van der Waals surface area (Å²) in [5, 5.41) is 0. The van der Waals surface area contributed by atoms with Gasteiger partial charge in [-0.05, 0) is 30.3 Å². The molecule has 1 fully saturated rings. The van der Waals surface area contributed by atoms with Crippen molar-refractivity contribution >= 4 is 27.2 Å². The van der Waals surface area contributed by atoms with Crippen molar-refractivity contribution in [1.82, 2.24) is 14.8 Å². The molecule has 0 saturated carbocycles. The number of pyridine rings is 1. The molecule has 0 radical (unpaired) electrons. The Morgan fingerprint density at radius 3 is 2.54 bits per heavy atom. The topological polar surface area (TPSA) is 45.4 Å². The number of aromatic nitrogens is 1. The highest BCUT2D eigenvalue weighted by atomic mass is 32.1. The lowest BCUT2D eigenvalue weighted by atomic mass is 10.1. The first kappa shape index (κ1) is 15.6. The Balaban J connectivity index is 1.51. The molecule has 5 heteroatoms. The Bertz CT molecular complexity index is 832. The van der Waals surface area contributed by atoms with Crippen molar-refractivity contribution in [2.45, 2.75) is 6.54 Å². The third kappa shape index (κ3) is 3.15. The smallest absolute Gasteiger partial charge is 0.0837 e. The molecule has 0 aliphatic carbocycles. The molecular weight excluding hydrogens is 316 g/mol. The maximum atomic E-state index is 6.05. The minimum absolute atomic E-state index is 0.808. The van der Waals surface area contributed by atoms with E-state index in [1.165, 1.54) is 16.0 Å². The van der Waals surface area contributed by atoms with E-state index in [1.54, 1.807) is 17.5 Å². The number of hydrogen-bond donors (Lipinski definition) is 1. The fourth-order valence-corrected chi connectivity index (χ4v) is 4.19. The van der Waals surface area contributed by atoms with Gasteiger partial charge in [0.15, 0.2) is 0 Å². The van der Waals surface area contributed by atoms with Crippen molar-refractivity contribution in [3.05, 3.63) is 48.2 Å². The molecule has 0 unspecified atom stereocenters. The van der Waals surface area contributed by atoms with E-state index in [0.717, 1.165) is 48.6 Å². The molecule has 4 rings (SSSR count). The Morgan fingerprint density at radius 2 is 1.83 bits per heavy atom.